The van der Waals surface area contributed by atoms with Crippen molar-refractivity contribution in [2.75, 3.05) is 0 Å². The van der Waals surface area contributed by atoms with Gasteiger partial charge in [0.15, 0.2) is 11.1 Å². The molecule has 2 bridgehead atoms. The first-order valence-corrected chi connectivity index (χ1v) is 5.77. The zero-order valence-corrected chi connectivity index (χ0v) is 9.36. The molecular formula is C12H12N4. The van der Waals surface area contributed by atoms with Gasteiger partial charge in [-0.05, 0) is 12.8 Å². The maximum Gasteiger partial charge on any atom is 0.176 e. The van der Waals surface area contributed by atoms with E-state index in [4.69, 9.17) is 0 Å². The molecule has 3 fully saturated rings. The van der Waals surface area contributed by atoms with Gasteiger partial charge in [-0.25, -0.2) is 0 Å². The van der Waals surface area contributed by atoms with Gasteiger partial charge in [0.25, 0.3) is 0 Å². The quantitative estimate of drug-likeness (QED) is 0.616. The molecule has 0 unspecified atom stereocenters. The lowest BCUT2D eigenvalue weighted by molar-refractivity contribution is 0.0789. The second-order valence-electron chi connectivity index (χ2n) is 6.30. The molecule has 2 aliphatic heterocycles. The summed E-state index contributed by atoms with van der Waals surface area (Å²) in [5.74, 6) is 0.511. The van der Waals surface area contributed by atoms with Crippen molar-refractivity contribution in [3.63, 3.8) is 0 Å². The van der Waals surface area contributed by atoms with Crippen LogP contribution in [-0.2, 0) is 0 Å². The third-order valence-corrected chi connectivity index (χ3v) is 5.93. The molecule has 0 spiro atoms. The summed E-state index contributed by atoms with van der Waals surface area (Å²) in [6.07, 6.45) is 1.88. The standard InChI is InChI=1S/C12H12N4/c1-9-3-7(9)12(6-14)10(2)4-8(10)11(9,5-13)15-16-12/h7-8H,3-4H2,1-2H3/t7-,8-,9+,10+,11-,12-/m0/s1. The minimum absolute atomic E-state index is 0.0834. The SMILES string of the molecule is C[C@@]12C[C@@H]1[C@]1(C#N)N=N[C@@]2(C#N)[C@H]2C[C@]21C. The molecule has 16 heavy (non-hydrogen) atoms. The van der Waals surface area contributed by atoms with Gasteiger partial charge in [-0.3, -0.25) is 0 Å². The average molecular weight is 212 g/mol. The number of azo groups is 1. The topological polar surface area (TPSA) is 72.3 Å². The van der Waals surface area contributed by atoms with E-state index in [1.54, 1.807) is 0 Å². The summed E-state index contributed by atoms with van der Waals surface area (Å²) in [4.78, 5) is 0. The van der Waals surface area contributed by atoms with Crippen LogP contribution in [0.2, 0.25) is 0 Å². The van der Waals surface area contributed by atoms with Crippen molar-refractivity contribution >= 4 is 0 Å². The van der Waals surface area contributed by atoms with E-state index in [2.05, 4.69) is 36.2 Å². The molecule has 0 aromatic heterocycles. The molecule has 5 aliphatic rings. The molecule has 80 valence electrons. The summed E-state index contributed by atoms with van der Waals surface area (Å²) >= 11 is 0. The summed E-state index contributed by atoms with van der Waals surface area (Å²) in [5.41, 5.74) is -1.41. The molecule has 0 aromatic rings. The van der Waals surface area contributed by atoms with Crippen LogP contribution in [0.5, 0.6) is 0 Å². The zero-order valence-electron chi connectivity index (χ0n) is 9.36. The Hall–Kier alpha value is -1.42. The maximum atomic E-state index is 9.51. The lowest BCUT2D eigenvalue weighted by Gasteiger charge is -2.46. The van der Waals surface area contributed by atoms with Crippen molar-refractivity contribution in [1.82, 2.24) is 0 Å². The monoisotopic (exact) mass is 212 g/mol. The number of nitrogens with zero attached hydrogens (tertiary/aromatic N) is 4. The van der Waals surface area contributed by atoms with E-state index < -0.39 is 11.1 Å². The van der Waals surface area contributed by atoms with Gasteiger partial charge in [0.2, 0.25) is 0 Å². The fourth-order valence-electron chi connectivity index (χ4n) is 4.57. The Bertz CT molecular complexity index is 492. The normalized spacial score (nSPS) is 67.5. The van der Waals surface area contributed by atoms with Crippen LogP contribution in [0.3, 0.4) is 0 Å². The van der Waals surface area contributed by atoms with E-state index in [1.807, 2.05) is 0 Å². The molecular weight excluding hydrogens is 200 g/mol. The first kappa shape index (κ1) is 8.70. The highest BCUT2D eigenvalue weighted by molar-refractivity contribution is 5.49. The van der Waals surface area contributed by atoms with Crippen molar-refractivity contribution in [2.24, 2.45) is 32.9 Å². The van der Waals surface area contributed by atoms with Gasteiger partial charge >= 0.3 is 0 Å². The van der Waals surface area contributed by atoms with Crippen LogP contribution < -0.4 is 0 Å². The molecule has 3 saturated carbocycles. The summed E-state index contributed by atoms with van der Waals surface area (Å²) in [6.45, 7) is 4.23. The van der Waals surface area contributed by atoms with Crippen LogP contribution in [0, 0.1) is 45.3 Å². The van der Waals surface area contributed by atoms with Crippen LogP contribution >= 0.6 is 0 Å². The van der Waals surface area contributed by atoms with E-state index in [-0.39, 0.29) is 22.7 Å². The highest BCUT2D eigenvalue weighted by Gasteiger charge is 2.91. The van der Waals surface area contributed by atoms with Gasteiger partial charge in [-0.2, -0.15) is 20.8 Å². The fraction of sp³-hybridized carbons (Fsp3) is 0.833. The van der Waals surface area contributed by atoms with Crippen LogP contribution in [0.15, 0.2) is 10.2 Å². The van der Waals surface area contributed by atoms with Gasteiger partial charge < -0.3 is 0 Å². The second kappa shape index (κ2) is 1.80. The molecule has 0 amide bonds. The molecule has 0 radical (unpaired) electrons. The highest BCUT2D eigenvalue weighted by atomic mass is 15.3. The van der Waals surface area contributed by atoms with Crippen LogP contribution in [0.1, 0.15) is 26.7 Å². The fourth-order valence-corrected chi connectivity index (χ4v) is 4.57. The summed E-state index contributed by atoms with van der Waals surface area (Å²) < 4.78 is 0. The third kappa shape index (κ3) is 0.475. The Labute approximate surface area is 94.0 Å². The largest absolute Gasteiger partial charge is 0.196 e. The Morgan fingerprint density at radius 3 is 1.62 bits per heavy atom. The number of hydrogen-bond acceptors (Lipinski definition) is 4. The van der Waals surface area contributed by atoms with E-state index in [0.717, 1.165) is 12.8 Å². The Kier molecular flexibility index (Phi) is 0.977. The predicted molar refractivity (Wildman–Crippen MR) is 54.0 cm³/mol. The molecule has 0 aromatic carbocycles. The molecule has 0 saturated heterocycles. The van der Waals surface area contributed by atoms with Gasteiger partial charge in [0, 0.05) is 22.7 Å². The van der Waals surface area contributed by atoms with E-state index in [0.29, 0.717) is 0 Å². The number of rotatable bonds is 0. The second-order valence-corrected chi connectivity index (χ2v) is 6.30. The molecule has 3 aliphatic carbocycles. The van der Waals surface area contributed by atoms with Crippen LogP contribution in [-0.4, -0.2) is 11.1 Å². The number of hydrogen-bond donors (Lipinski definition) is 0. The Morgan fingerprint density at radius 2 is 1.31 bits per heavy atom. The van der Waals surface area contributed by atoms with Crippen molar-refractivity contribution in [2.45, 2.75) is 37.8 Å². The lowest BCUT2D eigenvalue weighted by atomic mass is 9.61. The van der Waals surface area contributed by atoms with Crippen molar-refractivity contribution in [3.8, 4) is 12.1 Å². The lowest BCUT2D eigenvalue weighted by Crippen LogP contribution is -2.56. The highest BCUT2D eigenvalue weighted by Crippen LogP contribution is 2.86. The summed E-state index contributed by atoms with van der Waals surface area (Å²) in [6, 6.07) is 4.85. The molecule has 2 heterocycles. The molecule has 6 atom stereocenters. The minimum Gasteiger partial charge on any atom is -0.196 e. The summed E-state index contributed by atoms with van der Waals surface area (Å²) in [7, 11) is 0. The first-order valence-electron chi connectivity index (χ1n) is 5.77. The average Bonchev–Trinajstić information content (AvgIpc) is 3.13. The molecule has 5 rings (SSSR count). The summed E-state index contributed by atoms with van der Waals surface area (Å²) in [5, 5.41) is 27.6. The van der Waals surface area contributed by atoms with Crippen LogP contribution in [0.4, 0.5) is 0 Å². The van der Waals surface area contributed by atoms with E-state index >= 15 is 0 Å². The molecule has 4 heteroatoms. The number of nitriles is 2. The van der Waals surface area contributed by atoms with Crippen molar-refractivity contribution in [3.05, 3.63) is 0 Å². The smallest absolute Gasteiger partial charge is 0.176 e. The Balaban J connectivity index is 2.06. The van der Waals surface area contributed by atoms with E-state index in [1.165, 1.54) is 0 Å². The van der Waals surface area contributed by atoms with Gasteiger partial charge in [-0.15, -0.1) is 0 Å². The predicted octanol–water partition coefficient (Wildman–Crippen LogP) is 2.04. The van der Waals surface area contributed by atoms with Gasteiger partial charge in [0.05, 0.1) is 12.1 Å². The maximum absolute atomic E-state index is 9.51. The Morgan fingerprint density at radius 1 is 0.938 bits per heavy atom. The third-order valence-electron chi connectivity index (χ3n) is 5.93. The minimum atomic E-state index is -0.620. The molecule has 0 N–H and O–H groups in total. The van der Waals surface area contributed by atoms with E-state index in [9.17, 15) is 10.5 Å². The zero-order chi connectivity index (χ0) is 11.4. The van der Waals surface area contributed by atoms with Crippen molar-refractivity contribution < 1.29 is 0 Å². The van der Waals surface area contributed by atoms with Crippen molar-refractivity contribution in [1.29, 1.82) is 10.5 Å². The van der Waals surface area contributed by atoms with Gasteiger partial charge in [-0.1, -0.05) is 13.8 Å². The van der Waals surface area contributed by atoms with Gasteiger partial charge in [0.1, 0.15) is 0 Å². The first-order chi connectivity index (χ1) is 7.51. The van der Waals surface area contributed by atoms with Crippen LogP contribution in [0.25, 0.3) is 0 Å². The molecule has 4 nitrogen and oxygen atoms in total.